The Morgan fingerprint density at radius 2 is 2.28 bits per heavy atom. The van der Waals surface area contributed by atoms with Crippen LogP contribution in [0.5, 0.6) is 0 Å². The molecule has 1 unspecified atom stereocenters. The van der Waals surface area contributed by atoms with Gasteiger partial charge in [-0.05, 0) is 25.6 Å². The Labute approximate surface area is 113 Å². The zero-order valence-electron chi connectivity index (χ0n) is 11.0. The van der Waals surface area contributed by atoms with Crippen LogP contribution in [0, 0.1) is 0 Å². The zero-order valence-corrected chi connectivity index (χ0v) is 11.8. The van der Waals surface area contributed by atoms with Gasteiger partial charge in [0.05, 0.1) is 6.54 Å². The maximum Gasteiger partial charge on any atom is 0.234 e. The Balaban J connectivity index is 1.89. The summed E-state index contributed by atoms with van der Waals surface area (Å²) in [6.45, 7) is 4.08. The van der Waals surface area contributed by atoms with Gasteiger partial charge < -0.3 is 5.32 Å². The maximum absolute atomic E-state index is 11.5. The van der Waals surface area contributed by atoms with E-state index in [-0.39, 0.29) is 5.91 Å². The molecular formula is C14H20N2OS. The number of likely N-dealkylation sites (N-methyl/N-ethyl adjacent to an activating group) is 2. The molecule has 0 saturated carbocycles. The maximum atomic E-state index is 11.5. The molecule has 0 radical (unpaired) electrons. The topological polar surface area (TPSA) is 32.3 Å². The predicted octanol–water partition coefficient (Wildman–Crippen LogP) is 1.94. The van der Waals surface area contributed by atoms with Crippen molar-refractivity contribution in [2.45, 2.75) is 17.7 Å². The third kappa shape index (κ3) is 3.27. The van der Waals surface area contributed by atoms with E-state index in [1.54, 1.807) is 0 Å². The predicted molar refractivity (Wildman–Crippen MR) is 76.1 cm³/mol. The molecule has 18 heavy (non-hydrogen) atoms. The molecule has 98 valence electrons. The average molecular weight is 264 g/mol. The fourth-order valence-electron chi connectivity index (χ4n) is 2.32. The quantitative estimate of drug-likeness (QED) is 0.882. The molecule has 4 heteroatoms. The number of nitrogens with one attached hydrogen (secondary N) is 1. The van der Waals surface area contributed by atoms with E-state index >= 15 is 0 Å². The minimum absolute atomic E-state index is 0.110. The standard InChI is InChI=1S/C14H20N2OS/c1-3-15-14(17)9-16(2)8-11-10-18-13-7-5-4-6-12(11)13/h4-7,11H,3,8-10H2,1-2H3,(H,15,17). The van der Waals surface area contributed by atoms with E-state index < -0.39 is 0 Å². The van der Waals surface area contributed by atoms with Crippen LogP contribution in [-0.2, 0) is 4.79 Å². The van der Waals surface area contributed by atoms with Gasteiger partial charge in [0.15, 0.2) is 0 Å². The molecule has 1 aromatic carbocycles. The SMILES string of the molecule is CCNC(=O)CN(C)CC1CSc2ccccc21. The van der Waals surface area contributed by atoms with E-state index in [1.165, 1.54) is 10.5 Å². The number of carbonyl (C=O) groups is 1. The molecule has 0 saturated heterocycles. The van der Waals surface area contributed by atoms with Gasteiger partial charge in [-0.3, -0.25) is 9.69 Å². The van der Waals surface area contributed by atoms with Crippen molar-refractivity contribution >= 4 is 17.7 Å². The van der Waals surface area contributed by atoms with Gasteiger partial charge in [0, 0.05) is 29.7 Å². The number of hydrogen-bond acceptors (Lipinski definition) is 3. The fourth-order valence-corrected chi connectivity index (χ4v) is 3.56. The number of nitrogens with zero attached hydrogens (tertiary/aromatic N) is 1. The van der Waals surface area contributed by atoms with E-state index in [1.807, 2.05) is 25.7 Å². The number of thioether (sulfide) groups is 1. The normalized spacial score (nSPS) is 17.8. The summed E-state index contributed by atoms with van der Waals surface area (Å²) in [4.78, 5) is 15.0. The van der Waals surface area contributed by atoms with Gasteiger partial charge in [0.2, 0.25) is 5.91 Å². The summed E-state index contributed by atoms with van der Waals surface area (Å²) in [5.41, 5.74) is 1.44. The van der Waals surface area contributed by atoms with Crippen LogP contribution >= 0.6 is 11.8 Å². The van der Waals surface area contributed by atoms with Crippen molar-refractivity contribution in [3.8, 4) is 0 Å². The van der Waals surface area contributed by atoms with Crippen LogP contribution in [0.15, 0.2) is 29.2 Å². The molecule has 2 rings (SSSR count). The van der Waals surface area contributed by atoms with Crippen LogP contribution < -0.4 is 5.32 Å². The van der Waals surface area contributed by atoms with Gasteiger partial charge in [-0.15, -0.1) is 11.8 Å². The highest BCUT2D eigenvalue weighted by Gasteiger charge is 2.24. The molecular weight excluding hydrogens is 244 g/mol. The Hall–Kier alpha value is -1.00. The van der Waals surface area contributed by atoms with Crippen molar-refractivity contribution in [2.24, 2.45) is 0 Å². The lowest BCUT2D eigenvalue weighted by atomic mass is 10.0. The molecule has 0 fully saturated rings. The van der Waals surface area contributed by atoms with Crippen LogP contribution in [0.4, 0.5) is 0 Å². The number of fused-ring (bicyclic) bond motifs is 1. The van der Waals surface area contributed by atoms with Crippen molar-refractivity contribution in [1.82, 2.24) is 10.2 Å². The third-order valence-corrected chi connectivity index (χ3v) is 4.37. The first-order valence-electron chi connectivity index (χ1n) is 6.37. The second-order valence-corrected chi connectivity index (χ2v) is 5.76. The molecule has 0 aromatic heterocycles. The number of rotatable bonds is 5. The van der Waals surface area contributed by atoms with Gasteiger partial charge in [-0.1, -0.05) is 18.2 Å². The molecule has 0 aliphatic carbocycles. The van der Waals surface area contributed by atoms with Gasteiger partial charge in [-0.2, -0.15) is 0 Å². The van der Waals surface area contributed by atoms with Crippen molar-refractivity contribution < 1.29 is 4.79 Å². The van der Waals surface area contributed by atoms with Gasteiger partial charge >= 0.3 is 0 Å². The Kier molecular flexibility index (Phi) is 4.66. The smallest absolute Gasteiger partial charge is 0.234 e. The number of benzene rings is 1. The Morgan fingerprint density at radius 3 is 3.06 bits per heavy atom. The lowest BCUT2D eigenvalue weighted by molar-refractivity contribution is -0.121. The second kappa shape index (κ2) is 6.25. The van der Waals surface area contributed by atoms with Crippen LogP contribution in [0.3, 0.4) is 0 Å². The van der Waals surface area contributed by atoms with Crippen molar-refractivity contribution in [2.75, 3.05) is 32.4 Å². The van der Waals surface area contributed by atoms with Crippen LogP contribution in [0.25, 0.3) is 0 Å². The zero-order chi connectivity index (χ0) is 13.0. The van der Waals surface area contributed by atoms with Gasteiger partial charge in [-0.25, -0.2) is 0 Å². The lowest BCUT2D eigenvalue weighted by Gasteiger charge is -2.20. The fraction of sp³-hybridized carbons (Fsp3) is 0.500. The molecule has 1 atom stereocenters. The number of hydrogen-bond donors (Lipinski definition) is 1. The summed E-state index contributed by atoms with van der Waals surface area (Å²) in [6.07, 6.45) is 0. The monoisotopic (exact) mass is 264 g/mol. The number of amides is 1. The first-order valence-corrected chi connectivity index (χ1v) is 7.36. The van der Waals surface area contributed by atoms with Crippen LogP contribution in [0.2, 0.25) is 0 Å². The van der Waals surface area contributed by atoms with E-state index in [4.69, 9.17) is 0 Å². The molecule has 3 nitrogen and oxygen atoms in total. The van der Waals surface area contributed by atoms with Gasteiger partial charge in [0.25, 0.3) is 0 Å². The highest BCUT2D eigenvalue weighted by atomic mass is 32.2. The summed E-state index contributed by atoms with van der Waals surface area (Å²) in [7, 11) is 2.01. The summed E-state index contributed by atoms with van der Waals surface area (Å²) >= 11 is 1.92. The van der Waals surface area contributed by atoms with E-state index in [2.05, 4.69) is 34.5 Å². The lowest BCUT2D eigenvalue weighted by Crippen LogP contribution is -2.36. The van der Waals surface area contributed by atoms with Crippen molar-refractivity contribution in [3.05, 3.63) is 29.8 Å². The summed E-state index contributed by atoms with van der Waals surface area (Å²) in [5, 5.41) is 2.83. The average Bonchev–Trinajstić information content (AvgIpc) is 2.73. The molecule has 1 N–H and O–H groups in total. The summed E-state index contributed by atoms with van der Waals surface area (Å²) < 4.78 is 0. The van der Waals surface area contributed by atoms with E-state index in [9.17, 15) is 4.79 Å². The molecule has 1 aromatic rings. The first kappa shape index (κ1) is 13.4. The van der Waals surface area contributed by atoms with Crippen LogP contribution in [-0.4, -0.2) is 43.2 Å². The Bertz CT molecular complexity index is 422. The van der Waals surface area contributed by atoms with Crippen molar-refractivity contribution in [1.29, 1.82) is 0 Å². The molecule has 1 amide bonds. The first-order chi connectivity index (χ1) is 8.70. The molecule has 1 aliphatic heterocycles. The Morgan fingerprint density at radius 1 is 1.50 bits per heavy atom. The van der Waals surface area contributed by atoms with Crippen LogP contribution in [0.1, 0.15) is 18.4 Å². The highest BCUT2D eigenvalue weighted by Crippen LogP contribution is 2.39. The minimum Gasteiger partial charge on any atom is -0.355 e. The van der Waals surface area contributed by atoms with Crippen molar-refractivity contribution in [3.63, 3.8) is 0 Å². The van der Waals surface area contributed by atoms with Gasteiger partial charge in [0.1, 0.15) is 0 Å². The largest absolute Gasteiger partial charge is 0.355 e. The molecule has 1 heterocycles. The third-order valence-electron chi connectivity index (χ3n) is 3.12. The molecule has 0 spiro atoms. The number of carbonyl (C=O) groups excluding carboxylic acids is 1. The molecule has 1 aliphatic rings. The summed E-state index contributed by atoms with van der Waals surface area (Å²) in [5.74, 6) is 1.78. The van der Waals surface area contributed by atoms with E-state index in [0.717, 1.165) is 12.3 Å². The summed E-state index contributed by atoms with van der Waals surface area (Å²) in [6, 6.07) is 8.58. The molecule has 0 bridgehead atoms. The second-order valence-electron chi connectivity index (χ2n) is 4.70. The van der Waals surface area contributed by atoms with E-state index in [0.29, 0.717) is 19.0 Å². The minimum atomic E-state index is 0.110. The highest BCUT2D eigenvalue weighted by molar-refractivity contribution is 7.99.